The van der Waals surface area contributed by atoms with Crippen molar-refractivity contribution in [1.29, 1.82) is 0 Å². The van der Waals surface area contributed by atoms with Gasteiger partial charge in [0.15, 0.2) is 0 Å². The lowest BCUT2D eigenvalue weighted by molar-refractivity contribution is 0.0821. The highest BCUT2D eigenvalue weighted by Gasteiger charge is 2.09. The summed E-state index contributed by atoms with van der Waals surface area (Å²) in [6.07, 6.45) is 2.34. The SMILES string of the molecule is Nc1ncnc2c1ccn2C[C@H](O)CO. The minimum Gasteiger partial charge on any atom is -0.394 e. The lowest BCUT2D eigenvalue weighted by Gasteiger charge is -2.08. The number of aromatic nitrogens is 3. The monoisotopic (exact) mass is 208 g/mol. The molecule has 2 heterocycles. The van der Waals surface area contributed by atoms with Crippen LogP contribution in [0, 0.1) is 0 Å². The molecule has 0 fully saturated rings. The molecule has 0 aliphatic carbocycles. The zero-order valence-electron chi connectivity index (χ0n) is 8.04. The van der Waals surface area contributed by atoms with Crippen LogP contribution >= 0.6 is 0 Å². The second-order valence-corrected chi connectivity index (χ2v) is 3.30. The fourth-order valence-electron chi connectivity index (χ4n) is 1.46. The van der Waals surface area contributed by atoms with Crippen molar-refractivity contribution in [2.45, 2.75) is 12.6 Å². The van der Waals surface area contributed by atoms with E-state index in [1.807, 2.05) is 0 Å². The number of hydrogen-bond acceptors (Lipinski definition) is 5. The van der Waals surface area contributed by atoms with Gasteiger partial charge in [-0.1, -0.05) is 0 Å². The molecule has 80 valence electrons. The molecular weight excluding hydrogens is 196 g/mol. The van der Waals surface area contributed by atoms with E-state index in [-0.39, 0.29) is 13.2 Å². The van der Waals surface area contributed by atoms with Crippen LogP contribution in [0.25, 0.3) is 11.0 Å². The molecule has 2 aromatic rings. The van der Waals surface area contributed by atoms with Gasteiger partial charge in [-0.2, -0.15) is 0 Å². The first-order valence-electron chi connectivity index (χ1n) is 4.56. The van der Waals surface area contributed by atoms with Crippen molar-refractivity contribution in [3.8, 4) is 0 Å². The molecule has 15 heavy (non-hydrogen) atoms. The highest BCUT2D eigenvalue weighted by Crippen LogP contribution is 2.17. The highest BCUT2D eigenvalue weighted by atomic mass is 16.3. The summed E-state index contributed by atoms with van der Waals surface area (Å²) in [6, 6.07) is 1.79. The van der Waals surface area contributed by atoms with Gasteiger partial charge < -0.3 is 20.5 Å². The lowest BCUT2D eigenvalue weighted by atomic mass is 10.3. The summed E-state index contributed by atoms with van der Waals surface area (Å²) in [4.78, 5) is 7.93. The highest BCUT2D eigenvalue weighted by molar-refractivity contribution is 5.85. The molecule has 6 nitrogen and oxygen atoms in total. The maximum absolute atomic E-state index is 9.31. The van der Waals surface area contributed by atoms with Crippen molar-refractivity contribution in [1.82, 2.24) is 14.5 Å². The van der Waals surface area contributed by atoms with Gasteiger partial charge in [0, 0.05) is 6.20 Å². The zero-order chi connectivity index (χ0) is 10.8. The third kappa shape index (κ3) is 1.77. The number of aliphatic hydroxyl groups excluding tert-OH is 2. The van der Waals surface area contributed by atoms with Crippen molar-refractivity contribution >= 4 is 16.9 Å². The topological polar surface area (TPSA) is 97.2 Å². The summed E-state index contributed by atoms with van der Waals surface area (Å²) in [5.41, 5.74) is 6.32. The minimum atomic E-state index is -0.795. The first-order valence-corrected chi connectivity index (χ1v) is 4.56. The normalized spacial score (nSPS) is 13.2. The Hall–Kier alpha value is -1.66. The molecule has 0 unspecified atom stereocenters. The summed E-state index contributed by atoms with van der Waals surface area (Å²) >= 11 is 0. The van der Waals surface area contributed by atoms with E-state index in [0.717, 1.165) is 5.39 Å². The molecule has 0 aromatic carbocycles. The first-order chi connectivity index (χ1) is 7.22. The average molecular weight is 208 g/mol. The Balaban J connectivity index is 2.41. The number of anilines is 1. The number of rotatable bonds is 3. The van der Waals surface area contributed by atoms with Crippen LogP contribution in [0.2, 0.25) is 0 Å². The van der Waals surface area contributed by atoms with Crippen molar-refractivity contribution in [3.63, 3.8) is 0 Å². The maximum Gasteiger partial charge on any atom is 0.145 e. The molecule has 6 heteroatoms. The fourth-order valence-corrected chi connectivity index (χ4v) is 1.46. The number of fused-ring (bicyclic) bond motifs is 1. The minimum absolute atomic E-state index is 0.278. The Kier molecular flexibility index (Phi) is 2.53. The summed E-state index contributed by atoms with van der Waals surface area (Å²) in [6.45, 7) is 0.0106. The molecule has 0 radical (unpaired) electrons. The van der Waals surface area contributed by atoms with Gasteiger partial charge in [0.2, 0.25) is 0 Å². The fraction of sp³-hybridized carbons (Fsp3) is 0.333. The van der Waals surface area contributed by atoms with E-state index in [0.29, 0.717) is 11.5 Å². The number of aliphatic hydroxyl groups is 2. The summed E-state index contributed by atoms with van der Waals surface area (Å²) in [7, 11) is 0. The third-order valence-corrected chi connectivity index (χ3v) is 2.21. The lowest BCUT2D eigenvalue weighted by Crippen LogP contribution is -2.19. The Bertz CT molecular complexity index is 468. The van der Waals surface area contributed by atoms with Crippen molar-refractivity contribution < 1.29 is 10.2 Å². The van der Waals surface area contributed by atoms with Crippen LogP contribution in [0.1, 0.15) is 0 Å². The van der Waals surface area contributed by atoms with Gasteiger partial charge in [-0.3, -0.25) is 0 Å². The molecule has 2 rings (SSSR count). The van der Waals surface area contributed by atoms with Gasteiger partial charge >= 0.3 is 0 Å². The van der Waals surface area contributed by atoms with E-state index in [1.165, 1.54) is 6.33 Å². The van der Waals surface area contributed by atoms with E-state index in [1.54, 1.807) is 16.8 Å². The van der Waals surface area contributed by atoms with Crippen molar-refractivity contribution in [2.75, 3.05) is 12.3 Å². The van der Waals surface area contributed by atoms with Crippen LogP contribution in [-0.4, -0.2) is 37.5 Å². The third-order valence-electron chi connectivity index (χ3n) is 2.21. The number of nitrogen functional groups attached to an aromatic ring is 1. The molecule has 1 atom stereocenters. The second-order valence-electron chi connectivity index (χ2n) is 3.30. The van der Waals surface area contributed by atoms with Gasteiger partial charge in [0.25, 0.3) is 0 Å². The molecule has 0 aliphatic heterocycles. The quantitative estimate of drug-likeness (QED) is 0.623. The van der Waals surface area contributed by atoms with Crippen LogP contribution in [0.15, 0.2) is 18.6 Å². The molecule has 2 aromatic heterocycles. The largest absolute Gasteiger partial charge is 0.394 e. The van der Waals surface area contributed by atoms with E-state index >= 15 is 0 Å². The molecule has 0 saturated heterocycles. The van der Waals surface area contributed by atoms with Crippen LogP contribution < -0.4 is 5.73 Å². The number of hydrogen-bond donors (Lipinski definition) is 3. The smallest absolute Gasteiger partial charge is 0.145 e. The van der Waals surface area contributed by atoms with Crippen LogP contribution in [0.4, 0.5) is 5.82 Å². The van der Waals surface area contributed by atoms with Crippen molar-refractivity contribution in [3.05, 3.63) is 18.6 Å². The Morgan fingerprint density at radius 3 is 3.00 bits per heavy atom. The molecule has 0 saturated carbocycles. The van der Waals surface area contributed by atoms with Gasteiger partial charge in [0.05, 0.1) is 24.6 Å². The van der Waals surface area contributed by atoms with Gasteiger partial charge in [0.1, 0.15) is 17.8 Å². The van der Waals surface area contributed by atoms with Gasteiger partial charge in [-0.25, -0.2) is 9.97 Å². The Morgan fingerprint density at radius 2 is 2.27 bits per heavy atom. The van der Waals surface area contributed by atoms with E-state index in [4.69, 9.17) is 10.8 Å². The van der Waals surface area contributed by atoms with Crippen LogP contribution in [-0.2, 0) is 6.54 Å². The molecule has 4 N–H and O–H groups in total. The average Bonchev–Trinajstić information content (AvgIpc) is 2.63. The Morgan fingerprint density at radius 1 is 1.47 bits per heavy atom. The molecule has 0 bridgehead atoms. The second kappa shape index (κ2) is 3.84. The predicted octanol–water partition coefficient (Wildman–Crippen LogP) is -0.633. The predicted molar refractivity (Wildman–Crippen MR) is 55.0 cm³/mol. The van der Waals surface area contributed by atoms with E-state index in [2.05, 4.69) is 9.97 Å². The Labute approximate surface area is 86.0 Å². The summed E-state index contributed by atoms with van der Waals surface area (Å²) in [5, 5.41) is 18.8. The molecule has 0 amide bonds. The number of nitrogens with zero attached hydrogens (tertiary/aromatic N) is 3. The van der Waals surface area contributed by atoms with Gasteiger partial charge in [-0.15, -0.1) is 0 Å². The zero-order valence-corrected chi connectivity index (χ0v) is 8.04. The molecule has 0 aliphatic rings. The van der Waals surface area contributed by atoms with E-state index < -0.39 is 6.10 Å². The molecular formula is C9H12N4O2. The summed E-state index contributed by atoms with van der Waals surface area (Å²) < 4.78 is 1.73. The van der Waals surface area contributed by atoms with Crippen molar-refractivity contribution in [2.24, 2.45) is 0 Å². The summed E-state index contributed by atoms with van der Waals surface area (Å²) in [5.74, 6) is 0.414. The number of nitrogens with two attached hydrogens (primary N) is 1. The van der Waals surface area contributed by atoms with Crippen LogP contribution in [0.3, 0.4) is 0 Å². The maximum atomic E-state index is 9.31. The first kappa shape index (κ1) is 9.88. The molecule has 0 spiro atoms. The standard InChI is InChI=1S/C9H12N4O2/c10-8-7-1-2-13(3-6(15)4-14)9(7)12-5-11-8/h1-2,5-6,14-15H,3-4H2,(H2,10,11,12)/t6-/m0/s1. The van der Waals surface area contributed by atoms with Crippen LogP contribution in [0.5, 0.6) is 0 Å². The van der Waals surface area contributed by atoms with E-state index in [9.17, 15) is 5.11 Å². The van der Waals surface area contributed by atoms with Gasteiger partial charge in [-0.05, 0) is 6.07 Å².